The molecule has 0 bridgehead atoms. The van der Waals surface area contributed by atoms with Crippen LogP contribution in [0, 0.1) is 5.92 Å². The van der Waals surface area contributed by atoms with Crippen molar-refractivity contribution >= 4 is 48.2 Å². The van der Waals surface area contributed by atoms with Crippen LogP contribution in [0.2, 0.25) is 0 Å². The summed E-state index contributed by atoms with van der Waals surface area (Å²) in [5, 5.41) is 24.8. The summed E-state index contributed by atoms with van der Waals surface area (Å²) in [6.07, 6.45) is -1.25. The summed E-state index contributed by atoms with van der Waals surface area (Å²) < 4.78 is 0. The van der Waals surface area contributed by atoms with Gasteiger partial charge in [-0.3, -0.25) is 24.0 Å². The van der Waals surface area contributed by atoms with Gasteiger partial charge in [0, 0.05) is 5.75 Å². The number of amides is 4. The van der Waals surface area contributed by atoms with E-state index in [-0.39, 0.29) is 18.1 Å². The van der Waals surface area contributed by atoms with E-state index in [0.717, 1.165) is 0 Å². The van der Waals surface area contributed by atoms with Crippen molar-refractivity contribution in [2.24, 2.45) is 17.4 Å². The van der Waals surface area contributed by atoms with Crippen LogP contribution in [0.15, 0.2) is 0 Å². The fraction of sp³-hybridized carbons (Fsp3) is 0.647. The highest BCUT2D eigenvalue weighted by Gasteiger charge is 2.31. The largest absolute Gasteiger partial charge is 0.481 e. The Labute approximate surface area is 184 Å². The Morgan fingerprint density at radius 3 is 1.74 bits per heavy atom. The maximum absolute atomic E-state index is 12.6. The molecule has 13 nitrogen and oxygen atoms in total. The van der Waals surface area contributed by atoms with Crippen molar-refractivity contribution in [3.8, 4) is 0 Å². The van der Waals surface area contributed by atoms with Gasteiger partial charge in [0.05, 0.1) is 18.9 Å². The van der Waals surface area contributed by atoms with Crippen LogP contribution in [0.1, 0.15) is 33.1 Å². The second-order valence-corrected chi connectivity index (χ2v) is 7.57. The van der Waals surface area contributed by atoms with Gasteiger partial charge < -0.3 is 37.6 Å². The molecule has 0 rings (SSSR count). The first-order valence-electron chi connectivity index (χ1n) is 9.28. The Balaban J connectivity index is 5.45. The van der Waals surface area contributed by atoms with E-state index in [1.54, 1.807) is 13.8 Å². The minimum absolute atomic E-state index is 0.103. The third-order valence-electron chi connectivity index (χ3n) is 3.91. The summed E-state index contributed by atoms with van der Waals surface area (Å²) in [7, 11) is 0. The molecule has 14 heteroatoms. The molecule has 4 atom stereocenters. The number of aliphatic carboxylic acids is 2. The van der Waals surface area contributed by atoms with Crippen LogP contribution in [0.4, 0.5) is 0 Å². The lowest BCUT2D eigenvalue weighted by Crippen LogP contribution is -2.58. The summed E-state index contributed by atoms with van der Waals surface area (Å²) in [5.41, 5.74) is 10.4. The summed E-state index contributed by atoms with van der Waals surface area (Å²) >= 11 is 3.85. The monoisotopic (exact) mass is 463 g/mol. The van der Waals surface area contributed by atoms with Gasteiger partial charge in [0.15, 0.2) is 0 Å². The van der Waals surface area contributed by atoms with Gasteiger partial charge in [-0.25, -0.2) is 4.79 Å². The molecule has 0 aromatic rings. The topological polar surface area (TPSA) is 231 Å². The fourth-order valence-electron chi connectivity index (χ4n) is 2.41. The van der Waals surface area contributed by atoms with Crippen LogP contribution in [0.5, 0.6) is 0 Å². The molecule has 0 aliphatic rings. The highest BCUT2D eigenvalue weighted by Crippen LogP contribution is 2.07. The molecule has 9 N–H and O–H groups in total. The molecule has 0 spiro atoms. The molecule has 0 fully saturated rings. The standard InChI is InChI=1S/C17H29N5O8S/c1-7(2)3-9(15(27)22-11(6-31)17(29)30)21-16(28)10(5-13(24)25)20-14(26)8(18)4-12(19)23/h7-11,31H,3-6,18H2,1-2H3,(H2,19,23)(H,20,26)(H,21,28)(H,22,27)(H,24,25)(H,29,30). The van der Waals surface area contributed by atoms with Crippen LogP contribution in [0.3, 0.4) is 0 Å². The normalized spacial score (nSPS) is 14.6. The zero-order valence-electron chi connectivity index (χ0n) is 17.2. The average molecular weight is 464 g/mol. The summed E-state index contributed by atoms with van der Waals surface area (Å²) in [6, 6.07) is -5.51. The van der Waals surface area contributed by atoms with E-state index in [9.17, 15) is 28.8 Å². The highest BCUT2D eigenvalue weighted by atomic mass is 32.1. The van der Waals surface area contributed by atoms with Crippen molar-refractivity contribution in [1.29, 1.82) is 0 Å². The minimum atomic E-state index is -1.61. The summed E-state index contributed by atoms with van der Waals surface area (Å²) in [5.74, 6) is -6.70. The van der Waals surface area contributed by atoms with Crippen molar-refractivity contribution in [3.63, 3.8) is 0 Å². The van der Waals surface area contributed by atoms with Crippen molar-refractivity contribution in [3.05, 3.63) is 0 Å². The molecule has 0 saturated heterocycles. The SMILES string of the molecule is CC(C)CC(NC(=O)C(CC(=O)O)NC(=O)C(N)CC(N)=O)C(=O)NC(CS)C(=O)O. The lowest BCUT2D eigenvalue weighted by molar-refractivity contribution is -0.143. The van der Waals surface area contributed by atoms with E-state index in [2.05, 4.69) is 28.6 Å². The van der Waals surface area contributed by atoms with E-state index in [0.29, 0.717) is 0 Å². The Morgan fingerprint density at radius 1 is 0.839 bits per heavy atom. The van der Waals surface area contributed by atoms with Gasteiger partial charge in [-0.15, -0.1) is 0 Å². The Hall–Kier alpha value is -2.87. The number of nitrogens with one attached hydrogen (secondary N) is 3. The Kier molecular flexibility index (Phi) is 12.2. The van der Waals surface area contributed by atoms with Crippen LogP contribution in [-0.4, -0.2) is 75.7 Å². The van der Waals surface area contributed by atoms with Crippen molar-refractivity contribution in [1.82, 2.24) is 16.0 Å². The molecule has 0 aromatic carbocycles. The number of carbonyl (C=O) groups excluding carboxylic acids is 4. The van der Waals surface area contributed by atoms with Crippen LogP contribution < -0.4 is 27.4 Å². The predicted octanol–water partition coefficient (Wildman–Crippen LogP) is -2.82. The third kappa shape index (κ3) is 11.2. The number of hydrogen-bond acceptors (Lipinski definition) is 8. The average Bonchev–Trinajstić information content (AvgIpc) is 2.62. The molecule has 0 heterocycles. The number of primary amides is 1. The first-order valence-corrected chi connectivity index (χ1v) is 9.92. The van der Waals surface area contributed by atoms with Crippen molar-refractivity contribution in [2.75, 3.05) is 5.75 Å². The summed E-state index contributed by atoms with van der Waals surface area (Å²) in [4.78, 5) is 70.3. The lowest BCUT2D eigenvalue weighted by Gasteiger charge is -2.25. The Morgan fingerprint density at radius 2 is 1.32 bits per heavy atom. The molecular formula is C17H29N5O8S. The molecule has 0 radical (unpaired) electrons. The first-order chi connectivity index (χ1) is 14.3. The van der Waals surface area contributed by atoms with Gasteiger partial charge in [0.25, 0.3) is 0 Å². The van der Waals surface area contributed by atoms with Gasteiger partial charge in [-0.2, -0.15) is 12.6 Å². The Bertz CT molecular complexity index is 702. The number of carboxylic acids is 2. The molecule has 4 unspecified atom stereocenters. The van der Waals surface area contributed by atoms with E-state index >= 15 is 0 Å². The molecular weight excluding hydrogens is 434 g/mol. The number of carboxylic acid groups (broad SMARTS) is 2. The minimum Gasteiger partial charge on any atom is -0.481 e. The van der Waals surface area contributed by atoms with Crippen molar-refractivity contribution in [2.45, 2.75) is 57.3 Å². The fourth-order valence-corrected chi connectivity index (χ4v) is 2.65. The van der Waals surface area contributed by atoms with E-state index in [1.165, 1.54) is 0 Å². The number of hydrogen-bond donors (Lipinski definition) is 8. The van der Waals surface area contributed by atoms with Gasteiger partial charge in [-0.1, -0.05) is 13.8 Å². The quantitative estimate of drug-likeness (QED) is 0.124. The van der Waals surface area contributed by atoms with Gasteiger partial charge in [0.1, 0.15) is 18.1 Å². The number of carbonyl (C=O) groups is 6. The maximum atomic E-state index is 12.6. The molecule has 176 valence electrons. The van der Waals surface area contributed by atoms with Crippen LogP contribution in [0.25, 0.3) is 0 Å². The number of rotatable bonds is 14. The molecule has 31 heavy (non-hydrogen) atoms. The van der Waals surface area contributed by atoms with E-state index < -0.39 is 72.6 Å². The molecule has 0 aliphatic carbocycles. The number of nitrogens with two attached hydrogens (primary N) is 2. The predicted molar refractivity (Wildman–Crippen MR) is 111 cm³/mol. The lowest BCUT2D eigenvalue weighted by atomic mass is 10.0. The molecule has 0 aliphatic heterocycles. The van der Waals surface area contributed by atoms with Crippen LogP contribution >= 0.6 is 12.6 Å². The van der Waals surface area contributed by atoms with E-state index in [1.807, 2.05) is 0 Å². The first kappa shape index (κ1) is 28.1. The second kappa shape index (κ2) is 13.4. The third-order valence-corrected chi connectivity index (χ3v) is 4.27. The van der Waals surface area contributed by atoms with Gasteiger partial charge >= 0.3 is 11.9 Å². The molecule has 4 amide bonds. The van der Waals surface area contributed by atoms with Crippen LogP contribution in [-0.2, 0) is 28.8 Å². The smallest absolute Gasteiger partial charge is 0.327 e. The maximum Gasteiger partial charge on any atom is 0.327 e. The van der Waals surface area contributed by atoms with Gasteiger partial charge in [-0.05, 0) is 12.3 Å². The highest BCUT2D eigenvalue weighted by molar-refractivity contribution is 7.80. The van der Waals surface area contributed by atoms with Crippen molar-refractivity contribution < 1.29 is 39.0 Å². The zero-order chi connectivity index (χ0) is 24.3. The number of thiol groups is 1. The molecule has 0 aromatic heterocycles. The van der Waals surface area contributed by atoms with Gasteiger partial charge in [0.2, 0.25) is 23.6 Å². The molecule has 0 saturated carbocycles. The second-order valence-electron chi connectivity index (χ2n) is 7.21. The van der Waals surface area contributed by atoms with E-state index in [4.69, 9.17) is 21.7 Å². The summed E-state index contributed by atoms with van der Waals surface area (Å²) in [6.45, 7) is 3.50. The zero-order valence-corrected chi connectivity index (χ0v) is 18.1.